The van der Waals surface area contributed by atoms with Crippen molar-refractivity contribution in [3.05, 3.63) is 113 Å². The number of hydrogen-bond donors (Lipinski definition) is 0. The van der Waals surface area contributed by atoms with Crippen molar-refractivity contribution < 1.29 is 4.74 Å². The Morgan fingerprint density at radius 3 is 2.54 bits per heavy atom. The quantitative estimate of drug-likeness (QED) is 0.365. The number of nitrogens with zero attached hydrogens (tertiary/aromatic N) is 1. The lowest BCUT2D eigenvalue weighted by Crippen LogP contribution is -1.95. The predicted octanol–water partition coefficient (Wildman–Crippen LogP) is 6.35. The molecule has 0 unspecified atom stereocenters. The van der Waals surface area contributed by atoms with E-state index < -0.39 is 0 Å². The number of benzene rings is 4. The molecular formula is C26H23NO. The zero-order chi connectivity index (χ0) is 19.2. The van der Waals surface area contributed by atoms with Crippen LogP contribution in [0.5, 0.6) is 5.75 Å². The average molecular weight is 365 g/mol. The van der Waals surface area contributed by atoms with Crippen LogP contribution in [0.1, 0.15) is 22.3 Å². The fourth-order valence-corrected chi connectivity index (χ4v) is 3.32. The second-order valence-corrected chi connectivity index (χ2v) is 6.89. The molecule has 4 aromatic rings. The second kappa shape index (κ2) is 8.53. The van der Waals surface area contributed by atoms with E-state index in [1.54, 1.807) is 0 Å². The molecule has 0 radical (unpaired) electrons. The van der Waals surface area contributed by atoms with Gasteiger partial charge in [0.15, 0.2) is 0 Å². The van der Waals surface area contributed by atoms with Gasteiger partial charge in [0.2, 0.25) is 0 Å². The molecule has 0 spiro atoms. The van der Waals surface area contributed by atoms with Crippen LogP contribution in [-0.4, -0.2) is 6.21 Å². The van der Waals surface area contributed by atoms with Crippen molar-refractivity contribution in [2.75, 3.05) is 0 Å². The van der Waals surface area contributed by atoms with Crippen molar-refractivity contribution in [1.82, 2.24) is 0 Å². The van der Waals surface area contributed by atoms with E-state index in [0.717, 1.165) is 16.9 Å². The average Bonchev–Trinajstić information content (AvgIpc) is 2.75. The molecule has 0 aromatic heterocycles. The van der Waals surface area contributed by atoms with Gasteiger partial charge >= 0.3 is 0 Å². The van der Waals surface area contributed by atoms with E-state index in [2.05, 4.69) is 60.4 Å². The molecule has 138 valence electrons. The number of aliphatic imine (C=N–C) groups is 1. The lowest BCUT2D eigenvalue weighted by atomic mass is 10.0. The number of rotatable bonds is 6. The smallest absolute Gasteiger partial charge is 0.120 e. The van der Waals surface area contributed by atoms with Crippen molar-refractivity contribution in [2.45, 2.75) is 20.1 Å². The van der Waals surface area contributed by atoms with Crippen LogP contribution in [0.4, 0.5) is 0 Å². The summed E-state index contributed by atoms with van der Waals surface area (Å²) in [5.41, 5.74) is 4.76. The summed E-state index contributed by atoms with van der Waals surface area (Å²) >= 11 is 0. The second-order valence-electron chi connectivity index (χ2n) is 6.89. The Morgan fingerprint density at radius 1 is 0.821 bits per heavy atom. The lowest BCUT2D eigenvalue weighted by molar-refractivity contribution is 0.306. The van der Waals surface area contributed by atoms with Crippen molar-refractivity contribution in [3.8, 4) is 5.75 Å². The molecule has 0 fully saturated rings. The van der Waals surface area contributed by atoms with Crippen LogP contribution >= 0.6 is 0 Å². The van der Waals surface area contributed by atoms with Crippen LogP contribution in [0.3, 0.4) is 0 Å². The highest BCUT2D eigenvalue weighted by atomic mass is 16.5. The molecule has 2 heteroatoms. The van der Waals surface area contributed by atoms with Gasteiger partial charge in [0.25, 0.3) is 0 Å². The summed E-state index contributed by atoms with van der Waals surface area (Å²) in [7, 11) is 0. The van der Waals surface area contributed by atoms with E-state index in [-0.39, 0.29) is 0 Å². The third-order valence-corrected chi connectivity index (χ3v) is 4.92. The Balaban J connectivity index is 1.43. The standard InChI is InChI=1S/C26H23NO/c1-20-24(15-14-23-11-5-6-13-26(20)23)18-27-17-22-10-7-12-25(16-22)28-19-21-8-3-2-4-9-21/h2-17H,18-19H2,1H3. The Morgan fingerprint density at radius 2 is 1.64 bits per heavy atom. The summed E-state index contributed by atoms with van der Waals surface area (Å²) in [5.74, 6) is 0.856. The van der Waals surface area contributed by atoms with E-state index in [9.17, 15) is 0 Å². The van der Waals surface area contributed by atoms with Gasteiger partial charge in [0.05, 0.1) is 6.54 Å². The predicted molar refractivity (Wildman–Crippen MR) is 117 cm³/mol. The summed E-state index contributed by atoms with van der Waals surface area (Å²) in [4.78, 5) is 4.66. The van der Waals surface area contributed by atoms with Crippen LogP contribution in [0.2, 0.25) is 0 Å². The molecule has 2 nitrogen and oxygen atoms in total. The van der Waals surface area contributed by atoms with Crippen LogP contribution in [0, 0.1) is 6.92 Å². The first-order valence-corrected chi connectivity index (χ1v) is 9.53. The zero-order valence-electron chi connectivity index (χ0n) is 16.0. The minimum Gasteiger partial charge on any atom is -0.489 e. The first-order valence-electron chi connectivity index (χ1n) is 9.53. The molecule has 0 bridgehead atoms. The molecule has 0 saturated carbocycles. The van der Waals surface area contributed by atoms with Crippen molar-refractivity contribution in [1.29, 1.82) is 0 Å². The molecule has 0 saturated heterocycles. The topological polar surface area (TPSA) is 21.6 Å². The first kappa shape index (κ1) is 18.0. The highest BCUT2D eigenvalue weighted by Crippen LogP contribution is 2.22. The Kier molecular flexibility index (Phi) is 5.48. The monoisotopic (exact) mass is 365 g/mol. The highest BCUT2D eigenvalue weighted by molar-refractivity contribution is 5.86. The molecule has 28 heavy (non-hydrogen) atoms. The van der Waals surface area contributed by atoms with E-state index in [4.69, 9.17) is 4.74 Å². The minimum atomic E-state index is 0.567. The van der Waals surface area contributed by atoms with Crippen molar-refractivity contribution in [3.63, 3.8) is 0 Å². The molecular weight excluding hydrogens is 342 g/mol. The SMILES string of the molecule is Cc1c(CN=Cc2cccc(OCc3ccccc3)c2)ccc2ccccc12. The maximum absolute atomic E-state index is 5.90. The van der Waals surface area contributed by atoms with E-state index in [0.29, 0.717) is 13.2 Å². The van der Waals surface area contributed by atoms with Gasteiger partial charge in [-0.3, -0.25) is 4.99 Å². The zero-order valence-corrected chi connectivity index (χ0v) is 16.0. The summed E-state index contributed by atoms with van der Waals surface area (Å²) in [5, 5.41) is 2.57. The Hall–Kier alpha value is -3.39. The molecule has 0 heterocycles. The number of hydrogen-bond acceptors (Lipinski definition) is 2. The Labute approximate surface area is 166 Å². The number of ether oxygens (including phenoxy) is 1. The summed E-state index contributed by atoms with van der Waals surface area (Å²) in [6, 6.07) is 31.1. The number of fused-ring (bicyclic) bond motifs is 1. The van der Waals surface area contributed by atoms with Crippen LogP contribution in [0.15, 0.2) is 96.0 Å². The normalized spacial score (nSPS) is 11.2. The molecule has 0 N–H and O–H groups in total. The van der Waals surface area contributed by atoms with Crippen LogP contribution in [0.25, 0.3) is 10.8 Å². The summed E-state index contributed by atoms with van der Waals surface area (Å²) < 4.78 is 5.90. The maximum Gasteiger partial charge on any atom is 0.120 e. The van der Waals surface area contributed by atoms with Crippen LogP contribution in [-0.2, 0) is 13.2 Å². The molecule has 4 aromatic carbocycles. The molecule has 4 rings (SSSR count). The van der Waals surface area contributed by atoms with Gasteiger partial charge in [-0.25, -0.2) is 0 Å². The molecule has 0 aliphatic heterocycles. The van der Waals surface area contributed by atoms with Gasteiger partial charge in [0.1, 0.15) is 12.4 Å². The van der Waals surface area contributed by atoms with Gasteiger partial charge < -0.3 is 4.74 Å². The van der Waals surface area contributed by atoms with Gasteiger partial charge in [-0.15, -0.1) is 0 Å². The maximum atomic E-state index is 5.90. The minimum absolute atomic E-state index is 0.567. The highest BCUT2D eigenvalue weighted by Gasteiger charge is 2.02. The van der Waals surface area contributed by atoms with Crippen LogP contribution < -0.4 is 4.74 Å². The Bertz CT molecular complexity index is 1100. The molecule has 0 amide bonds. The third-order valence-electron chi connectivity index (χ3n) is 4.92. The number of aryl methyl sites for hydroxylation is 1. The van der Waals surface area contributed by atoms with Gasteiger partial charge in [-0.1, -0.05) is 78.9 Å². The first-order chi connectivity index (χ1) is 13.8. The molecule has 0 aliphatic rings. The largest absolute Gasteiger partial charge is 0.489 e. The molecule has 0 atom stereocenters. The van der Waals surface area contributed by atoms with E-state index >= 15 is 0 Å². The fraction of sp³-hybridized carbons (Fsp3) is 0.115. The van der Waals surface area contributed by atoms with Gasteiger partial charge in [0, 0.05) is 6.21 Å². The van der Waals surface area contributed by atoms with E-state index in [1.165, 1.54) is 21.9 Å². The third kappa shape index (κ3) is 4.29. The lowest BCUT2D eigenvalue weighted by Gasteiger charge is -2.08. The summed E-state index contributed by atoms with van der Waals surface area (Å²) in [6.07, 6.45) is 1.92. The summed E-state index contributed by atoms with van der Waals surface area (Å²) in [6.45, 7) is 3.41. The van der Waals surface area contributed by atoms with E-state index in [1.807, 2.05) is 48.7 Å². The van der Waals surface area contributed by atoms with Crippen molar-refractivity contribution >= 4 is 17.0 Å². The van der Waals surface area contributed by atoms with Gasteiger partial charge in [-0.2, -0.15) is 0 Å². The van der Waals surface area contributed by atoms with Gasteiger partial charge in [-0.05, 0) is 52.1 Å². The molecule has 0 aliphatic carbocycles. The van der Waals surface area contributed by atoms with Crippen molar-refractivity contribution in [2.24, 2.45) is 4.99 Å². The fourth-order valence-electron chi connectivity index (χ4n) is 3.32.